The molecule has 1 heterocycles. The Morgan fingerprint density at radius 1 is 1.21 bits per heavy atom. The molecule has 1 saturated heterocycles. The summed E-state index contributed by atoms with van der Waals surface area (Å²) >= 11 is 2.16. The molecule has 1 fully saturated rings. The maximum atomic E-state index is 11.4. The zero-order valence-corrected chi connectivity index (χ0v) is 9.52. The second-order valence-electron chi connectivity index (χ2n) is 3.08. The highest BCUT2D eigenvalue weighted by atomic mass is 127. The number of halogens is 1. The van der Waals surface area contributed by atoms with Gasteiger partial charge in [-0.1, -0.05) is 12.1 Å². The van der Waals surface area contributed by atoms with Crippen molar-refractivity contribution in [3.63, 3.8) is 0 Å². The molecule has 72 valence electrons. The fraction of sp³-hybridized carbons (Fsp3) is 0.200. The second-order valence-corrected chi connectivity index (χ2v) is 4.24. The van der Waals surface area contributed by atoms with E-state index in [1.165, 1.54) is 0 Å². The Kier molecular flexibility index (Phi) is 2.54. The lowest BCUT2D eigenvalue weighted by Gasteiger charge is -2.15. The fourth-order valence-corrected chi connectivity index (χ4v) is 2.15. The highest BCUT2D eigenvalue weighted by Gasteiger charge is 2.30. The third-order valence-electron chi connectivity index (χ3n) is 2.19. The first-order valence-electron chi connectivity index (χ1n) is 4.29. The molecule has 0 spiro atoms. The molecular weight excluding hydrogens is 293 g/mol. The number of nitrogens with zero attached hydrogens (tertiary/aromatic N) is 1. The van der Waals surface area contributed by atoms with E-state index in [9.17, 15) is 9.59 Å². The van der Waals surface area contributed by atoms with Crippen molar-refractivity contribution in [1.82, 2.24) is 0 Å². The van der Waals surface area contributed by atoms with Crippen molar-refractivity contribution in [3.8, 4) is 0 Å². The number of anilines is 1. The van der Waals surface area contributed by atoms with Crippen LogP contribution in [0.1, 0.15) is 6.42 Å². The Balaban J connectivity index is 2.37. The van der Waals surface area contributed by atoms with Gasteiger partial charge in [-0.05, 0) is 34.7 Å². The minimum absolute atomic E-state index is 0.287. The van der Waals surface area contributed by atoms with Gasteiger partial charge in [0.05, 0.1) is 5.69 Å². The first-order valence-corrected chi connectivity index (χ1v) is 5.37. The van der Waals surface area contributed by atoms with Crippen molar-refractivity contribution in [1.29, 1.82) is 0 Å². The quantitative estimate of drug-likeness (QED) is 0.583. The second kappa shape index (κ2) is 3.68. The SMILES string of the molecule is O=C1CCN(c2ccccc2I)C1=O. The van der Waals surface area contributed by atoms with Gasteiger partial charge in [-0.15, -0.1) is 0 Å². The highest BCUT2D eigenvalue weighted by molar-refractivity contribution is 14.1. The lowest BCUT2D eigenvalue weighted by molar-refractivity contribution is -0.133. The molecule has 0 unspecified atom stereocenters. The van der Waals surface area contributed by atoms with Crippen molar-refractivity contribution in [2.75, 3.05) is 11.4 Å². The first-order chi connectivity index (χ1) is 6.70. The average Bonchev–Trinajstić information content (AvgIpc) is 2.49. The Hall–Kier alpha value is -0.910. The molecule has 14 heavy (non-hydrogen) atoms. The van der Waals surface area contributed by atoms with Crippen LogP contribution in [0.5, 0.6) is 0 Å². The zero-order valence-electron chi connectivity index (χ0n) is 7.37. The summed E-state index contributed by atoms with van der Waals surface area (Å²) in [6.45, 7) is 0.512. The number of rotatable bonds is 1. The summed E-state index contributed by atoms with van der Waals surface area (Å²) in [6.07, 6.45) is 0.337. The first kappa shape index (κ1) is 9.64. The number of carbonyl (C=O) groups excluding carboxylic acids is 2. The van der Waals surface area contributed by atoms with Gasteiger partial charge in [0.25, 0.3) is 5.91 Å². The predicted octanol–water partition coefficient (Wildman–Crippen LogP) is 1.60. The van der Waals surface area contributed by atoms with Crippen molar-refractivity contribution in [2.45, 2.75) is 6.42 Å². The van der Waals surface area contributed by atoms with Gasteiger partial charge in [0.1, 0.15) is 0 Å². The molecule has 3 nitrogen and oxygen atoms in total. The lowest BCUT2D eigenvalue weighted by Crippen LogP contribution is -2.27. The van der Waals surface area contributed by atoms with E-state index in [0.29, 0.717) is 13.0 Å². The Bertz CT molecular complexity index is 403. The molecule has 0 atom stereocenters. The standard InChI is InChI=1S/C10H8INO2/c11-7-3-1-2-4-8(7)12-6-5-9(13)10(12)14/h1-4H,5-6H2. The predicted molar refractivity (Wildman–Crippen MR) is 61.1 cm³/mol. The molecule has 1 aliphatic rings. The molecule has 0 saturated carbocycles. The van der Waals surface area contributed by atoms with Crippen molar-refractivity contribution >= 4 is 40.0 Å². The van der Waals surface area contributed by atoms with Gasteiger partial charge >= 0.3 is 0 Å². The van der Waals surface area contributed by atoms with Crippen LogP contribution in [0, 0.1) is 3.57 Å². The van der Waals surface area contributed by atoms with Crippen molar-refractivity contribution < 1.29 is 9.59 Å². The summed E-state index contributed by atoms with van der Waals surface area (Å²) < 4.78 is 0.994. The Labute approximate surface area is 95.2 Å². The maximum absolute atomic E-state index is 11.4. The van der Waals surface area contributed by atoms with Crippen LogP contribution in [-0.4, -0.2) is 18.2 Å². The van der Waals surface area contributed by atoms with Crippen LogP contribution < -0.4 is 4.90 Å². The van der Waals surface area contributed by atoms with Gasteiger partial charge in [0.15, 0.2) is 0 Å². The van der Waals surface area contributed by atoms with Crippen LogP contribution in [0.15, 0.2) is 24.3 Å². The van der Waals surface area contributed by atoms with Crippen molar-refractivity contribution in [3.05, 3.63) is 27.8 Å². The van der Waals surface area contributed by atoms with Gasteiger partial charge in [-0.25, -0.2) is 0 Å². The molecular formula is C10H8INO2. The maximum Gasteiger partial charge on any atom is 0.294 e. The molecule has 1 aromatic rings. The lowest BCUT2D eigenvalue weighted by atomic mass is 10.3. The van der Waals surface area contributed by atoms with E-state index >= 15 is 0 Å². The van der Waals surface area contributed by atoms with E-state index in [1.807, 2.05) is 24.3 Å². The Morgan fingerprint density at radius 3 is 2.50 bits per heavy atom. The van der Waals surface area contributed by atoms with E-state index in [2.05, 4.69) is 22.6 Å². The van der Waals surface area contributed by atoms with Gasteiger partial charge in [0, 0.05) is 16.5 Å². The topological polar surface area (TPSA) is 37.4 Å². The number of carbonyl (C=O) groups is 2. The van der Waals surface area contributed by atoms with E-state index in [0.717, 1.165) is 9.26 Å². The van der Waals surface area contributed by atoms with Gasteiger partial charge < -0.3 is 4.90 Å². The van der Waals surface area contributed by atoms with Crippen LogP contribution in [-0.2, 0) is 9.59 Å². The van der Waals surface area contributed by atoms with E-state index in [1.54, 1.807) is 4.90 Å². The number of Topliss-reactive ketones (excluding diaryl/α,β-unsaturated/α-hetero) is 1. The Morgan fingerprint density at radius 2 is 1.93 bits per heavy atom. The molecule has 0 N–H and O–H groups in total. The van der Waals surface area contributed by atoms with Gasteiger partial charge in [0.2, 0.25) is 5.78 Å². The van der Waals surface area contributed by atoms with Crippen LogP contribution in [0.2, 0.25) is 0 Å². The summed E-state index contributed by atoms with van der Waals surface area (Å²) in [6, 6.07) is 7.56. The van der Waals surface area contributed by atoms with Crippen LogP contribution >= 0.6 is 22.6 Å². The molecule has 0 radical (unpaired) electrons. The molecule has 0 bridgehead atoms. The molecule has 1 aliphatic heterocycles. The van der Waals surface area contributed by atoms with Crippen molar-refractivity contribution in [2.24, 2.45) is 0 Å². The third kappa shape index (κ3) is 1.54. The number of benzene rings is 1. The van der Waals surface area contributed by atoms with Crippen LogP contribution in [0.4, 0.5) is 5.69 Å². The average molecular weight is 301 g/mol. The smallest absolute Gasteiger partial charge is 0.294 e. The fourth-order valence-electron chi connectivity index (χ4n) is 1.47. The van der Waals surface area contributed by atoms with E-state index in [-0.39, 0.29) is 11.7 Å². The summed E-state index contributed by atoms with van der Waals surface area (Å²) in [4.78, 5) is 24.1. The molecule has 0 aromatic heterocycles. The summed E-state index contributed by atoms with van der Waals surface area (Å²) in [5.41, 5.74) is 0.837. The minimum atomic E-state index is -0.380. The monoisotopic (exact) mass is 301 g/mol. The summed E-state index contributed by atoms with van der Waals surface area (Å²) in [5, 5.41) is 0. The highest BCUT2D eigenvalue weighted by Crippen LogP contribution is 2.25. The number of hydrogen-bond acceptors (Lipinski definition) is 2. The normalized spacial score (nSPS) is 16.5. The molecule has 2 rings (SSSR count). The summed E-state index contributed by atoms with van der Waals surface area (Å²) in [7, 11) is 0. The largest absolute Gasteiger partial charge is 0.304 e. The number of amides is 1. The zero-order chi connectivity index (χ0) is 10.1. The summed E-state index contributed by atoms with van der Waals surface area (Å²) in [5.74, 6) is -0.668. The molecule has 0 aliphatic carbocycles. The third-order valence-corrected chi connectivity index (χ3v) is 3.10. The molecule has 1 amide bonds. The molecule has 4 heteroatoms. The van der Waals surface area contributed by atoms with Gasteiger partial charge in [-0.3, -0.25) is 9.59 Å². The van der Waals surface area contributed by atoms with Crippen LogP contribution in [0.25, 0.3) is 0 Å². The minimum Gasteiger partial charge on any atom is -0.304 e. The van der Waals surface area contributed by atoms with E-state index in [4.69, 9.17) is 0 Å². The number of ketones is 1. The van der Waals surface area contributed by atoms with Gasteiger partial charge in [-0.2, -0.15) is 0 Å². The number of hydrogen-bond donors (Lipinski definition) is 0. The van der Waals surface area contributed by atoms with Crippen LogP contribution in [0.3, 0.4) is 0 Å². The molecule has 1 aromatic carbocycles. The van der Waals surface area contributed by atoms with E-state index < -0.39 is 0 Å². The number of para-hydroxylation sites is 1.